The first kappa shape index (κ1) is 18.6. The molecule has 0 aliphatic carbocycles. The number of para-hydroxylation sites is 2. The summed E-state index contributed by atoms with van der Waals surface area (Å²) < 4.78 is 27.0. The highest BCUT2D eigenvalue weighted by Crippen LogP contribution is 2.37. The molecule has 3 aromatic carbocycles. The number of hydrogen-bond donors (Lipinski definition) is 0. The van der Waals surface area contributed by atoms with E-state index in [0.717, 1.165) is 4.31 Å². The molecule has 1 heterocycles. The summed E-state index contributed by atoms with van der Waals surface area (Å²) in [6.07, 6.45) is 0. The molecular formula is C20H15N3O5S. The average molecular weight is 409 g/mol. The van der Waals surface area contributed by atoms with Crippen LogP contribution in [0.2, 0.25) is 0 Å². The molecule has 0 atom stereocenters. The molecule has 3 aromatic rings. The maximum absolute atomic E-state index is 13.3. The first-order valence-corrected chi connectivity index (χ1v) is 10.1. The normalized spacial score (nSPS) is 15.1. The Morgan fingerprint density at radius 3 is 2.31 bits per heavy atom. The number of nitro groups is 1. The summed E-state index contributed by atoms with van der Waals surface area (Å²) >= 11 is 0. The van der Waals surface area contributed by atoms with Gasteiger partial charge < -0.3 is 0 Å². The Bertz CT molecular complexity index is 1210. The quantitative estimate of drug-likeness (QED) is 0.480. The van der Waals surface area contributed by atoms with Crippen LogP contribution in [0.1, 0.15) is 5.56 Å². The summed E-state index contributed by atoms with van der Waals surface area (Å²) in [7, 11) is -4.10. The lowest BCUT2D eigenvalue weighted by molar-refractivity contribution is -0.384. The lowest BCUT2D eigenvalue weighted by Gasteiger charge is -2.36. The molecule has 2 amide bonds. The molecule has 9 heteroatoms. The van der Waals surface area contributed by atoms with Crippen LogP contribution >= 0.6 is 0 Å². The number of carbonyl (C=O) groups excluding carboxylic acids is 1. The number of rotatable bonds is 4. The largest absolute Gasteiger partial charge is 0.343 e. The topological polar surface area (TPSA) is 101 Å². The Morgan fingerprint density at radius 2 is 1.59 bits per heavy atom. The van der Waals surface area contributed by atoms with Crippen LogP contribution in [-0.4, -0.2) is 19.4 Å². The van der Waals surface area contributed by atoms with Gasteiger partial charge in [0.25, 0.3) is 15.7 Å². The highest BCUT2D eigenvalue weighted by Gasteiger charge is 2.42. The zero-order valence-electron chi connectivity index (χ0n) is 15.0. The van der Waals surface area contributed by atoms with Crippen LogP contribution in [0.15, 0.2) is 83.8 Å². The lowest BCUT2D eigenvalue weighted by Crippen LogP contribution is -2.50. The van der Waals surface area contributed by atoms with Crippen molar-refractivity contribution >= 4 is 33.1 Å². The molecular weight excluding hydrogens is 394 g/mol. The minimum Gasteiger partial charge on any atom is -0.287 e. The van der Waals surface area contributed by atoms with E-state index in [2.05, 4.69) is 0 Å². The van der Waals surface area contributed by atoms with E-state index >= 15 is 0 Å². The van der Waals surface area contributed by atoms with Gasteiger partial charge in [-0.05, 0) is 29.8 Å². The minimum absolute atomic E-state index is 0.00566. The van der Waals surface area contributed by atoms with Crippen LogP contribution in [0.25, 0.3) is 0 Å². The van der Waals surface area contributed by atoms with Gasteiger partial charge in [0.1, 0.15) is 4.90 Å². The van der Waals surface area contributed by atoms with Gasteiger partial charge in [-0.1, -0.05) is 42.5 Å². The van der Waals surface area contributed by atoms with Gasteiger partial charge in [0, 0.05) is 12.1 Å². The highest BCUT2D eigenvalue weighted by atomic mass is 32.2. The van der Waals surface area contributed by atoms with Gasteiger partial charge in [-0.25, -0.2) is 13.2 Å². The van der Waals surface area contributed by atoms with E-state index in [-0.39, 0.29) is 28.5 Å². The number of carbonyl (C=O) groups is 1. The fraction of sp³-hybridized carbons (Fsp3) is 0.0500. The predicted octanol–water partition coefficient (Wildman–Crippen LogP) is 3.93. The Morgan fingerprint density at radius 1 is 0.897 bits per heavy atom. The van der Waals surface area contributed by atoms with Gasteiger partial charge in [0.05, 0.1) is 22.8 Å². The number of benzene rings is 3. The van der Waals surface area contributed by atoms with E-state index in [9.17, 15) is 23.3 Å². The standard InChI is InChI=1S/C20H15N3O5S/c24-20-21(14-15-7-6-10-17(13-15)23(25)26)18-11-4-5-12-19(18)29(27,28)22(20)16-8-2-1-3-9-16/h1-13H,14H2. The van der Waals surface area contributed by atoms with Crippen LogP contribution in [0, 0.1) is 10.1 Å². The van der Waals surface area contributed by atoms with E-state index in [4.69, 9.17) is 0 Å². The fourth-order valence-corrected chi connectivity index (χ4v) is 4.82. The number of urea groups is 1. The summed E-state index contributed by atoms with van der Waals surface area (Å²) in [4.78, 5) is 25.1. The van der Waals surface area contributed by atoms with Gasteiger partial charge in [0.2, 0.25) is 0 Å². The first-order valence-electron chi connectivity index (χ1n) is 8.64. The SMILES string of the molecule is O=C1N(Cc2cccc([N+](=O)[O-])c2)c2ccccc2S(=O)(=O)N1c1ccccc1. The molecule has 4 rings (SSSR count). The maximum atomic E-state index is 13.3. The van der Waals surface area contributed by atoms with Gasteiger partial charge in [-0.2, -0.15) is 4.31 Å². The fourth-order valence-electron chi connectivity index (χ4n) is 3.23. The summed E-state index contributed by atoms with van der Waals surface area (Å²) in [5.41, 5.74) is 0.856. The molecule has 0 saturated carbocycles. The summed E-state index contributed by atoms with van der Waals surface area (Å²) in [5.74, 6) is 0. The number of nitrogens with zero attached hydrogens (tertiary/aromatic N) is 3. The molecule has 146 valence electrons. The smallest absolute Gasteiger partial charge is 0.287 e. The molecule has 0 fully saturated rings. The number of anilines is 2. The second kappa shape index (κ2) is 7.02. The van der Waals surface area contributed by atoms with E-state index in [1.807, 2.05) is 0 Å². The molecule has 29 heavy (non-hydrogen) atoms. The van der Waals surface area contributed by atoms with Gasteiger partial charge in [-0.3, -0.25) is 15.0 Å². The number of sulfonamides is 1. The van der Waals surface area contributed by atoms with Crippen LogP contribution < -0.4 is 9.21 Å². The monoisotopic (exact) mass is 409 g/mol. The Hall–Kier alpha value is -3.72. The van der Waals surface area contributed by atoms with Crippen molar-refractivity contribution in [3.8, 4) is 0 Å². The maximum Gasteiger partial charge on any atom is 0.343 e. The Kier molecular flexibility index (Phi) is 4.51. The number of amides is 2. The number of fused-ring (bicyclic) bond motifs is 1. The molecule has 0 radical (unpaired) electrons. The average Bonchev–Trinajstić information content (AvgIpc) is 2.72. The molecule has 0 unspecified atom stereocenters. The van der Waals surface area contributed by atoms with Crippen molar-refractivity contribution < 1.29 is 18.1 Å². The van der Waals surface area contributed by atoms with Crippen molar-refractivity contribution in [3.63, 3.8) is 0 Å². The summed E-state index contributed by atoms with van der Waals surface area (Å²) in [5, 5.41) is 11.1. The van der Waals surface area contributed by atoms with Crippen LogP contribution in [0.4, 0.5) is 21.9 Å². The van der Waals surface area contributed by atoms with E-state index in [1.165, 1.54) is 41.3 Å². The molecule has 0 saturated heterocycles. The third-order valence-electron chi connectivity index (χ3n) is 4.53. The van der Waals surface area contributed by atoms with E-state index in [1.54, 1.807) is 42.5 Å². The van der Waals surface area contributed by atoms with Gasteiger partial charge in [-0.15, -0.1) is 0 Å². The zero-order valence-corrected chi connectivity index (χ0v) is 15.8. The van der Waals surface area contributed by atoms with Crippen LogP contribution in [-0.2, 0) is 16.6 Å². The van der Waals surface area contributed by atoms with Crippen molar-refractivity contribution in [2.45, 2.75) is 11.4 Å². The molecule has 1 aliphatic heterocycles. The van der Waals surface area contributed by atoms with Gasteiger partial charge >= 0.3 is 6.03 Å². The van der Waals surface area contributed by atoms with Crippen molar-refractivity contribution in [1.29, 1.82) is 0 Å². The Labute approximate surface area is 166 Å². The molecule has 8 nitrogen and oxygen atoms in total. The highest BCUT2D eigenvalue weighted by molar-refractivity contribution is 7.94. The molecule has 0 N–H and O–H groups in total. The van der Waals surface area contributed by atoms with Gasteiger partial charge in [0.15, 0.2) is 0 Å². The van der Waals surface area contributed by atoms with Crippen molar-refractivity contribution in [2.24, 2.45) is 0 Å². The number of non-ortho nitro benzene ring substituents is 1. The number of nitro benzene ring substituents is 1. The zero-order chi connectivity index (χ0) is 20.6. The second-order valence-corrected chi connectivity index (χ2v) is 8.12. The third kappa shape index (κ3) is 3.21. The van der Waals surface area contributed by atoms with Crippen LogP contribution in [0.5, 0.6) is 0 Å². The molecule has 0 aromatic heterocycles. The van der Waals surface area contributed by atoms with Crippen molar-refractivity contribution in [1.82, 2.24) is 0 Å². The second-order valence-electron chi connectivity index (χ2n) is 6.37. The van der Waals surface area contributed by atoms with Crippen molar-refractivity contribution in [2.75, 3.05) is 9.21 Å². The van der Waals surface area contributed by atoms with E-state index in [0.29, 0.717) is 5.56 Å². The van der Waals surface area contributed by atoms with E-state index < -0.39 is 21.0 Å². The summed E-state index contributed by atoms with van der Waals surface area (Å²) in [6, 6.07) is 19.4. The molecule has 1 aliphatic rings. The third-order valence-corrected chi connectivity index (χ3v) is 6.28. The van der Waals surface area contributed by atoms with Crippen LogP contribution in [0.3, 0.4) is 0 Å². The predicted molar refractivity (Wildman–Crippen MR) is 107 cm³/mol. The Balaban J connectivity index is 1.84. The lowest BCUT2D eigenvalue weighted by atomic mass is 10.1. The molecule has 0 spiro atoms. The first-order chi connectivity index (χ1) is 13.9. The number of hydrogen-bond acceptors (Lipinski definition) is 5. The molecule has 0 bridgehead atoms. The summed E-state index contributed by atoms with van der Waals surface area (Å²) in [6.45, 7) is -0.0175. The van der Waals surface area contributed by atoms with Crippen molar-refractivity contribution in [3.05, 3.63) is 94.5 Å². The minimum atomic E-state index is -4.10.